The van der Waals surface area contributed by atoms with Crippen molar-refractivity contribution in [2.45, 2.75) is 50.2 Å². The third-order valence-electron chi connectivity index (χ3n) is 5.33. The minimum atomic E-state index is 0.181. The molecule has 1 fully saturated rings. The maximum Gasteiger partial charge on any atom is 0.140 e. The highest BCUT2D eigenvalue weighted by atomic mass is 32.2. The van der Waals surface area contributed by atoms with Gasteiger partial charge in [0.25, 0.3) is 0 Å². The average molecular weight is 314 g/mol. The fraction of sp³-hybridized carbons (Fsp3) is 0.550. The van der Waals surface area contributed by atoms with Crippen molar-refractivity contribution in [2.75, 3.05) is 0 Å². The molecule has 4 atom stereocenters. The largest absolute Gasteiger partial charge is 0.299 e. The van der Waals surface area contributed by atoms with Crippen molar-refractivity contribution in [1.29, 1.82) is 0 Å². The first-order chi connectivity index (χ1) is 10.6. The van der Waals surface area contributed by atoms with E-state index < -0.39 is 0 Å². The van der Waals surface area contributed by atoms with Crippen LogP contribution in [-0.4, -0.2) is 11.0 Å². The Kier molecular flexibility index (Phi) is 4.77. The molecule has 1 nitrogen and oxygen atoms in total. The van der Waals surface area contributed by atoms with E-state index in [0.717, 1.165) is 6.42 Å². The number of carbonyl (C=O) groups excluding carboxylic acids is 1. The molecule has 22 heavy (non-hydrogen) atoms. The highest BCUT2D eigenvalue weighted by Crippen LogP contribution is 2.48. The highest BCUT2D eigenvalue weighted by molar-refractivity contribution is 8.00. The topological polar surface area (TPSA) is 17.1 Å². The van der Waals surface area contributed by atoms with E-state index >= 15 is 0 Å². The molecule has 0 radical (unpaired) electrons. The molecule has 0 N–H and O–H groups in total. The molecule has 0 aromatic heterocycles. The first-order valence-corrected chi connectivity index (χ1v) is 9.40. The molecule has 0 amide bonds. The van der Waals surface area contributed by atoms with Crippen molar-refractivity contribution in [1.82, 2.24) is 0 Å². The number of Topliss-reactive ketones (excluding diaryl/α,β-unsaturated/α-hetero) is 1. The minimum Gasteiger partial charge on any atom is -0.299 e. The average Bonchev–Trinajstić information content (AvgIpc) is 2.58. The van der Waals surface area contributed by atoms with Crippen LogP contribution in [0.2, 0.25) is 0 Å². The van der Waals surface area contributed by atoms with Gasteiger partial charge in [-0.25, -0.2) is 0 Å². The summed E-state index contributed by atoms with van der Waals surface area (Å²) in [6.07, 6.45) is 5.66. The molecule has 118 valence electrons. The van der Waals surface area contributed by atoms with Gasteiger partial charge in [-0.1, -0.05) is 50.6 Å². The Bertz CT molecular complexity index is 560. The Morgan fingerprint density at radius 2 is 1.91 bits per heavy atom. The van der Waals surface area contributed by atoms with Gasteiger partial charge in [0.15, 0.2) is 0 Å². The molecule has 3 rings (SSSR count). The van der Waals surface area contributed by atoms with E-state index in [-0.39, 0.29) is 11.8 Å². The predicted octanol–water partition coefficient (Wildman–Crippen LogP) is 5.36. The number of hydrogen-bond acceptors (Lipinski definition) is 2. The van der Waals surface area contributed by atoms with Crippen LogP contribution in [0.15, 0.2) is 46.9 Å². The molecule has 0 aliphatic heterocycles. The standard InChI is InChI=1S/C20H26OS/c1-13(2)17-12-11-15-10-9-14(3)19(21)18(17)20(15)22-16-7-5-4-6-8-16/h4-8,10,13-14,17-18,20H,9,11-12H2,1-3H3/t14-,17+,18+,20+/m1/s1. The summed E-state index contributed by atoms with van der Waals surface area (Å²) in [6.45, 7) is 6.68. The maximum absolute atomic E-state index is 13.0. The number of hydrogen-bond donors (Lipinski definition) is 0. The molecular weight excluding hydrogens is 288 g/mol. The lowest BCUT2D eigenvalue weighted by Crippen LogP contribution is -2.40. The lowest BCUT2D eigenvalue weighted by atomic mass is 9.69. The number of thioether (sulfide) groups is 1. The Morgan fingerprint density at radius 3 is 2.59 bits per heavy atom. The summed E-state index contributed by atoms with van der Waals surface area (Å²) in [5.41, 5.74) is 1.52. The van der Waals surface area contributed by atoms with Crippen LogP contribution in [0.1, 0.15) is 40.0 Å². The summed E-state index contributed by atoms with van der Waals surface area (Å²) in [6, 6.07) is 10.6. The molecule has 0 saturated heterocycles. The van der Waals surface area contributed by atoms with Gasteiger partial charge >= 0.3 is 0 Å². The van der Waals surface area contributed by atoms with E-state index in [9.17, 15) is 4.79 Å². The second-order valence-electron chi connectivity index (χ2n) is 7.14. The van der Waals surface area contributed by atoms with Crippen LogP contribution in [0.4, 0.5) is 0 Å². The number of benzene rings is 1. The van der Waals surface area contributed by atoms with Gasteiger partial charge in [0.2, 0.25) is 0 Å². The van der Waals surface area contributed by atoms with E-state index in [1.54, 1.807) is 0 Å². The lowest BCUT2D eigenvalue weighted by molar-refractivity contribution is -0.128. The van der Waals surface area contributed by atoms with Crippen LogP contribution in [-0.2, 0) is 4.79 Å². The van der Waals surface area contributed by atoms with Gasteiger partial charge in [-0.05, 0) is 43.2 Å². The van der Waals surface area contributed by atoms with Crippen LogP contribution in [0.3, 0.4) is 0 Å². The van der Waals surface area contributed by atoms with Crippen LogP contribution >= 0.6 is 11.8 Å². The van der Waals surface area contributed by atoms with Crippen molar-refractivity contribution in [2.24, 2.45) is 23.7 Å². The van der Waals surface area contributed by atoms with Crippen LogP contribution < -0.4 is 0 Å². The zero-order valence-electron chi connectivity index (χ0n) is 13.8. The second kappa shape index (κ2) is 6.62. The van der Waals surface area contributed by atoms with Gasteiger partial charge in [-0.15, -0.1) is 11.8 Å². The number of fused-ring (bicyclic) bond motifs is 2. The number of rotatable bonds is 3. The van der Waals surface area contributed by atoms with Gasteiger partial charge in [-0.2, -0.15) is 0 Å². The molecule has 1 saturated carbocycles. The summed E-state index contributed by atoms with van der Waals surface area (Å²) < 4.78 is 0. The van der Waals surface area contributed by atoms with Crippen molar-refractivity contribution < 1.29 is 4.79 Å². The quantitative estimate of drug-likeness (QED) is 0.698. The summed E-state index contributed by atoms with van der Waals surface area (Å²) in [5.74, 6) is 1.99. The monoisotopic (exact) mass is 314 g/mol. The summed E-state index contributed by atoms with van der Waals surface area (Å²) >= 11 is 1.91. The molecular formula is C20H26OS. The van der Waals surface area contributed by atoms with Crippen molar-refractivity contribution >= 4 is 17.5 Å². The zero-order valence-corrected chi connectivity index (χ0v) is 14.6. The van der Waals surface area contributed by atoms with E-state index in [0.29, 0.717) is 22.9 Å². The van der Waals surface area contributed by atoms with E-state index in [1.807, 2.05) is 11.8 Å². The first kappa shape index (κ1) is 15.9. The fourth-order valence-corrected chi connectivity index (χ4v) is 5.46. The van der Waals surface area contributed by atoms with Crippen molar-refractivity contribution in [3.8, 4) is 0 Å². The minimum absolute atomic E-state index is 0.181. The summed E-state index contributed by atoms with van der Waals surface area (Å²) in [5, 5.41) is 0.348. The Hall–Kier alpha value is -1.02. The zero-order chi connectivity index (χ0) is 15.7. The van der Waals surface area contributed by atoms with Crippen molar-refractivity contribution in [3.63, 3.8) is 0 Å². The molecule has 0 heterocycles. The molecule has 1 aromatic rings. The first-order valence-electron chi connectivity index (χ1n) is 8.52. The number of ketones is 1. The lowest BCUT2D eigenvalue weighted by Gasteiger charge is -2.40. The maximum atomic E-state index is 13.0. The number of allylic oxidation sites excluding steroid dienone is 1. The van der Waals surface area contributed by atoms with E-state index in [2.05, 4.69) is 57.2 Å². The van der Waals surface area contributed by atoms with Gasteiger partial charge in [0.1, 0.15) is 5.78 Å². The molecule has 2 aliphatic rings. The molecule has 2 bridgehead atoms. The molecule has 2 aliphatic carbocycles. The van der Waals surface area contributed by atoms with Gasteiger partial charge in [0, 0.05) is 22.0 Å². The van der Waals surface area contributed by atoms with Crippen LogP contribution in [0.25, 0.3) is 0 Å². The van der Waals surface area contributed by atoms with Crippen molar-refractivity contribution in [3.05, 3.63) is 42.0 Å². The Morgan fingerprint density at radius 1 is 1.18 bits per heavy atom. The normalized spacial score (nSPS) is 31.8. The third kappa shape index (κ3) is 3.03. The third-order valence-corrected chi connectivity index (χ3v) is 6.72. The fourth-order valence-electron chi connectivity index (χ4n) is 4.00. The SMILES string of the molecule is CC(C)[C@@H]1CCC2=CC[C@@H](C)C(=O)[C@H]1[C@H]2Sc1ccccc1. The summed E-state index contributed by atoms with van der Waals surface area (Å²) in [7, 11) is 0. The van der Waals surface area contributed by atoms with Gasteiger partial charge in [0.05, 0.1) is 0 Å². The molecule has 0 spiro atoms. The smallest absolute Gasteiger partial charge is 0.140 e. The summed E-state index contributed by atoms with van der Waals surface area (Å²) in [4.78, 5) is 14.3. The molecule has 2 heteroatoms. The Labute approximate surface area is 138 Å². The molecule has 0 unspecified atom stereocenters. The Balaban J connectivity index is 1.95. The van der Waals surface area contributed by atoms with Gasteiger partial charge < -0.3 is 0 Å². The second-order valence-corrected chi connectivity index (χ2v) is 8.36. The molecule has 1 aromatic carbocycles. The predicted molar refractivity (Wildman–Crippen MR) is 94.0 cm³/mol. The van der Waals surface area contributed by atoms with E-state index in [4.69, 9.17) is 0 Å². The van der Waals surface area contributed by atoms with Crippen LogP contribution in [0.5, 0.6) is 0 Å². The van der Waals surface area contributed by atoms with E-state index in [1.165, 1.54) is 23.3 Å². The number of carbonyl (C=O) groups is 1. The van der Waals surface area contributed by atoms with Gasteiger partial charge in [-0.3, -0.25) is 4.79 Å². The van der Waals surface area contributed by atoms with Crippen LogP contribution in [0, 0.1) is 23.7 Å². The highest BCUT2D eigenvalue weighted by Gasteiger charge is 2.44.